The van der Waals surface area contributed by atoms with Gasteiger partial charge in [-0.1, -0.05) is 17.7 Å². The minimum atomic E-state index is -0.969. The molecule has 2 rings (SSSR count). The van der Waals surface area contributed by atoms with Gasteiger partial charge in [-0.25, -0.2) is 8.78 Å². The van der Waals surface area contributed by atoms with Gasteiger partial charge in [-0.2, -0.15) is 0 Å². The third kappa shape index (κ3) is 3.31. The second kappa shape index (κ2) is 5.68. The molecule has 0 aliphatic rings. The Bertz CT molecular complexity index is 599. The van der Waals surface area contributed by atoms with E-state index in [1.165, 1.54) is 30.3 Å². The third-order valence-electron chi connectivity index (χ3n) is 3.02. The van der Waals surface area contributed by atoms with Gasteiger partial charge in [0.1, 0.15) is 11.6 Å². The molecule has 1 atom stereocenters. The number of aliphatic hydroxyl groups excluding tert-OH is 1. The molecule has 2 aromatic carbocycles. The Labute approximate surface area is 115 Å². The topological polar surface area (TPSA) is 20.2 Å². The van der Waals surface area contributed by atoms with Crippen molar-refractivity contribution in [2.45, 2.75) is 19.4 Å². The number of rotatable bonds is 3. The quantitative estimate of drug-likeness (QED) is 0.894. The van der Waals surface area contributed by atoms with Crippen LogP contribution >= 0.6 is 11.6 Å². The first-order valence-corrected chi connectivity index (χ1v) is 6.23. The average molecular weight is 283 g/mol. The van der Waals surface area contributed by atoms with Crippen LogP contribution in [0, 0.1) is 18.6 Å². The van der Waals surface area contributed by atoms with Crippen molar-refractivity contribution in [2.75, 3.05) is 0 Å². The number of benzene rings is 2. The molecule has 0 heterocycles. The van der Waals surface area contributed by atoms with Gasteiger partial charge in [0.2, 0.25) is 0 Å². The maximum atomic E-state index is 13.6. The lowest BCUT2D eigenvalue weighted by molar-refractivity contribution is 0.176. The van der Waals surface area contributed by atoms with Crippen LogP contribution in [0.2, 0.25) is 5.02 Å². The second-order valence-corrected chi connectivity index (χ2v) is 4.89. The molecule has 1 N–H and O–H groups in total. The largest absolute Gasteiger partial charge is 0.388 e. The highest BCUT2D eigenvalue weighted by molar-refractivity contribution is 6.30. The van der Waals surface area contributed by atoms with E-state index in [0.717, 1.165) is 5.56 Å². The summed E-state index contributed by atoms with van der Waals surface area (Å²) < 4.78 is 26.8. The summed E-state index contributed by atoms with van der Waals surface area (Å²) in [6, 6.07) is 8.34. The first-order valence-electron chi connectivity index (χ1n) is 5.85. The van der Waals surface area contributed by atoms with E-state index < -0.39 is 17.7 Å². The van der Waals surface area contributed by atoms with Crippen LogP contribution in [0.3, 0.4) is 0 Å². The van der Waals surface area contributed by atoms with Gasteiger partial charge in [0.25, 0.3) is 0 Å². The van der Waals surface area contributed by atoms with Crippen LogP contribution < -0.4 is 0 Å². The molecular formula is C15H13ClF2O. The van der Waals surface area contributed by atoms with Crippen LogP contribution in [0.25, 0.3) is 0 Å². The van der Waals surface area contributed by atoms with Gasteiger partial charge in [-0.05, 0) is 53.9 Å². The summed E-state index contributed by atoms with van der Waals surface area (Å²) in [5.74, 6) is -0.858. The fourth-order valence-corrected chi connectivity index (χ4v) is 2.18. The number of halogens is 3. The molecule has 0 saturated carbocycles. The monoisotopic (exact) mass is 282 g/mol. The van der Waals surface area contributed by atoms with E-state index in [0.29, 0.717) is 16.1 Å². The lowest BCUT2D eigenvalue weighted by atomic mass is 9.97. The Morgan fingerprint density at radius 1 is 1.16 bits per heavy atom. The number of aryl methyl sites for hydroxylation is 1. The molecule has 0 spiro atoms. The van der Waals surface area contributed by atoms with E-state index in [-0.39, 0.29) is 6.42 Å². The van der Waals surface area contributed by atoms with Crippen molar-refractivity contribution in [1.82, 2.24) is 0 Å². The highest BCUT2D eigenvalue weighted by Crippen LogP contribution is 2.25. The van der Waals surface area contributed by atoms with E-state index in [9.17, 15) is 13.9 Å². The molecule has 19 heavy (non-hydrogen) atoms. The van der Waals surface area contributed by atoms with Crippen molar-refractivity contribution in [1.29, 1.82) is 0 Å². The zero-order valence-corrected chi connectivity index (χ0v) is 11.1. The Balaban J connectivity index is 2.27. The Morgan fingerprint density at radius 2 is 1.89 bits per heavy atom. The Hall–Kier alpha value is -1.45. The molecule has 1 unspecified atom stereocenters. The minimum absolute atomic E-state index is 0.0523. The van der Waals surface area contributed by atoms with Crippen LogP contribution in [-0.2, 0) is 6.42 Å². The highest BCUT2D eigenvalue weighted by Gasteiger charge is 2.15. The van der Waals surface area contributed by atoms with Crippen LogP contribution in [0.5, 0.6) is 0 Å². The number of hydrogen-bond acceptors (Lipinski definition) is 1. The zero-order chi connectivity index (χ0) is 14.0. The van der Waals surface area contributed by atoms with Gasteiger partial charge in [-0.3, -0.25) is 0 Å². The van der Waals surface area contributed by atoms with Crippen LogP contribution in [0.1, 0.15) is 22.8 Å². The number of aliphatic hydroxyl groups is 1. The van der Waals surface area contributed by atoms with Gasteiger partial charge in [0.15, 0.2) is 0 Å². The molecule has 2 aromatic rings. The second-order valence-electron chi connectivity index (χ2n) is 4.46. The van der Waals surface area contributed by atoms with E-state index in [1.807, 2.05) is 0 Å². The van der Waals surface area contributed by atoms with Crippen molar-refractivity contribution in [3.63, 3.8) is 0 Å². The summed E-state index contributed by atoms with van der Waals surface area (Å²) in [7, 11) is 0. The summed E-state index contributed by atoms with van der Waals surface area (Å²) >= 11 is 5.79. The molecule has 0 saturated heterocycles. The molecule has 0 fully saturated rings. The van der Waals surface area contributed by atoms with Crippen LogP contribution in [0.15, 0.2) is 36.4 Å². The van der Waals surface area contributed by atoms with Gasteiger partial charge in [0.05, 0.1) is 6.10 Å². The molecule has 0 bridgehead atoms. The summed E-state index contributed by atoms with van der Waals surface area (Å²) in [6.07, 6.45) is -0.917. The third-order valence-corrected chi connectivity index (χ3v) is 3.26. The maximum Gasteiger partial charge on any atom is 0.126 e. The van der Waals surface area contributed by atoms with Gasteiger partial charge in [0, 0.05) is 11.4 Å². The standard InChI is InChI=1S/C15H13ClF2O/c1-9-2-4-12(17)8-13(9)15(19)7-10-6-11(16)3-5-14(10)18/h2-6,8,15,19H,7H2,1H3. The van der Waals surface area contributed by atoms with Crippen molar-refractivity contribution >= 4 is 11.6 Å². The number of hydrogen-bond donors (Lipinski definition) is 1. The van der Waals surface area contributed by atoms with Crippen molar-refractivity contribution in [2.24, 2.45) is 0 Å². The maximum absolute atomic E-state index is 13.6. The van der Waals surface area contributed by atoms with E-state index in [4.69, 9.17) is 11.6 Å². The molecule has 0 radical (unpaired) electrons. The summed E-state index contributed by atoms with van der Waals surface area (Å²) in [5, 5.41) is 10.5. The molecule has 100 valence electrons. The molecule has 0 aliphatic carbocycles. The average Bonchev–Trinajstić information content (AvgIpc) is 2.36. The van der Waals surface area contributed by atoms with E-state index >= 15 is 0 Å². The predicted octanol–water partition coefficient (Wildman–Crippen LogP) is 4.20. The summed E-state index contributed by atoms with van der Waals surface area (Å²) in [6.45, 7) is 1.77. The molecule has 0 aliphatic heterocycles. The first kappa shape index (κ1) is 14.0. The normalized spacial score (nSPS) is 12.5. The molecule has 0 aromatic heterocycles. The summed E-state index contributed by atoms with van der Waals surface area (Å²) in [4.78, 5) is 0. The van der Waals surface area contributed by atoms with Crippen molar-refractivity contribution < 1.29 is 13.9 Å². The molecule has 4 heteroatoms. The summed E-state index contributed by atoms with van der Waals surface area (Å²) in [5.41, 5.74) is 1.53. The fourth-order valence-electron chi connectivity index (χ4n) is 1.99. The molecular weight excluding hydrogens is 270 g/mol. The zero-order valence-electron chi connectivity index (χ0n) is 10.3. The van der Waals surface area contributed by atoms with Gasteiger partial charge in [-0.15, -0.1) is 0 Å². The van der Waals surface area contributed by atoms with Crippen LogP contribution in [-0.4, -0.2) is 5.11 Å². The first-order chi connectivity index (χ1) is 8.97. The van der Waals surface area contributed by atoms with Gasteiger partial charge < -0.3 is 5.11 Å². The molecule has 0 amide bonds. The lowest BCUT2D eigenvalue weighted by Crippen LogP contribution is -2.06. The fraction of sp³-hybridized carbons (Fsp3) is 0.200. The predicted molar refractivity (Wildman–Crippen MR) is 71.2 cm³/mol. The minimum Gasteiger partial charge on any atom is -0.388 e. The Morgan fingerprint density at radius 3 is 2.63 bits per heavy atom. The van der Waals surface area contributed by atoms with E-state index in [1.54, 1.807) is 13.0 Å². The SMILES string of the molecule is Cc1ccc(F)cc1C(O)Cc1cc(Cl)ccc1F. The van der Waals surface area contributed by atoms with Crippen molar-refractivity contribution in [3.8, 4) is 0 Å². The molecule has 1 nitrogen and oxygen atoms in total. The highest BCUT2D eigenvalue weighted by atomic mass is 35.5. The van der Waals surface area contributed by atoms with Crippen LogP contribution in [0.4, 0.5) is 8.78 Å². The van der Waals surface area contributed by atoms with E-state index in [2.05, 4.69) is 0 Å². The van der Waals surface area contributed by atoms with Gasteiger partial charge >= 0.3 is 0 Å². The smallest absolute Gasteiger partial charge is 0.126 e. The lowest BCUT2D eigenvalue weighted by Gasteiger charge is -2.14. The van der Waals surface area contributed by atoms with Crippen molar-refractivity contribution in [3.05, 3.63) is 69.7 Å². The Kier molecular flexibility index (Phi) is 4.17.